The fourth-order valence-electron chi connectivity index (χ4n) is 1.38. The third-order valence-electron chi connectivity index (χ3n) is 2.10. The molecule has 0 radical (unpaired) electrons. The predicted octanol–water partition coefficient (Wildman–Crippen LogP) is 0.454. The monoisotopic (exact) mass is 273 g/mol. The summed E-state index contributed by atoms with van der Waals surface area (Å²) in [6.45, 7) is 7.11. The molecule has 0 rings (SSSR count). The second kappa shape index (κ2) is 7.60. The standard InChI is InChI=1S/C12H23N3O4/c1-5-6-8(10(17)18)14-11(19)13-7-9(16)15-12(2,3)4/h8H,5-7H2,1-4H3,(H,15,16)(H,17,18)(H2,13,14,19)/t8-/m0/s1. The van der Waals surface area contributed by atoms with Crippen LogP contribution in [0, 0.1) is 0 Å². The molecule has 0 bridgehead atoms. The molecule has 0 heterocycles. The number of amides is 3. The van der Waals surface area contributed by atoms with Gasteiger partial charge in [-0.1, -0.05) is 13.3 Å². The lowest BCUT2D eigenvalue weighted by atomic mass is 10.1. The van der Waals surface area contributed by atoms with Crippen LogP contribution in [0.1, 0.15) is 40.5 Å². The minimum absolute atomic E-state index is 0.193. The van der Waals surface area contributed by atoms with E-state index in [1.54, 1.807) is 0 Å². The summed E-state index contributed by atoms with van der Waals surface area (Å²) in [6.07, 6.45) is 0.985. The molecular formula is C12H23N3O4. The summed E-state index contributed by atoms with van der Waals surface area (Å²) in [5.41, 5.74) is -0.374. The quantitative estimate of drug-likeness (QED) is 0.563. The molecule has 0 fully saturated rings. The van der Waals surface area contributed by atoms with Crippen LogP contribution in [0.15, 0.2) is 0 Å². The summed E-state index contributed by atoms with van der Waals surface area (Å²) in [7, 11) is 0. The van der Waals surface area contributed by atoms with Crippen LogP contribution in [0.4, 0.5) is 4.79 Å². The van der Waals surface area contributed by atoms with Crippen LogP contribution in [0.25, 0.3) is 0 Å². The fraction of sp³-hybridized carbons (Fsp3) is 0.750. The van der Waals surface area contributed by atoms with Gasteiger partial charge in [0, 0.05) is 5.54 Å². The first-order valence-electron chi connectivity index (χ1n) is 6.24. The second-order valence-electron chi connectivity index (χ2n) is 5.30. The number of rotatable bonds is 6. The summed E-state index contributed by atoms with van der Waals surface area (Å²) in [5.74, 6) is -1.42. The van der Waals surface area contributed by atoms with Gasteiger partial charge in [-0.15, -0.1) is 0 Å². The van der Waals surface area contributed by atoms with Crippen molar-refractivity contribution >= 4 is 17.9 Å². The number of nitrogens with one attached hydrogen (secondary N) is 3. The third kappa shape index (κ3) is 8.87. The Morgan fingerprint density at radius 2 is 1.79 bits per heavy atom. The lowest BCUT2D eigenvalue weighted by molar-refractivity contribution is -0.139. The highest BCUT2D eigenvalue weighted by Gasteiger charge is 2.19. The van der Waals surface area contributed by atoms with Crippen molar-refractivity contribution < 1.29 is 19.5 Å². The van der Waals surface area contributed by atoms with E-state index in [4.69, 9.17) is 5.11 Å². The molecule has 0 aliphatic heterocycles. The van der Waals surface area contributed by atoms with Gasteiger partial charge in [-0.25, -0.2) is 9.59 Å². The molecule has 110 valence electrons. The number of hydrogen-bond acceptors (Lipinski definition) is 3. The van der Waals surface area contributed by atoms with Gasteiger partial charge in [0.1, 0.15) is 6.04 Å². The zero-order valence-electron chi connectivity index (χ0n) is 11.9. The molecule has 0 aliphatic rings. The van der Waals surface area contributed by atoms with Crippen molar-refractivity contribution in [3.05, 3.63) is 0 Å². The molecule has 3 amide bonds. The van der Waals surface area contributed by atoms with E-state index in [0.717, 1.165) is 0 Å². The van der Waals surface area contributed by atoms with Crippen molar-refractivity contribution in [2.75, 3.05) is 6.54 Å². The number of hydrogen-bond donors (Lipinski definition) is 4. The van der Waals surface area contributed by atoms with E-state index in [2.05, 4.69) is 16.0 Å². The molecular weight excluding hydrogens is 250 g/mol. The highest BCUT2D eigenvalue weighted by molar-refractivity contribution is 5.86. The Morgan fingerprint density at radius 1 is 1.21 bits per heavy atom. The van der Waals surface area contributed by atoms with Crippen molar-refractivity contribution in [3.8, 4) is 0 Å². The second-order valence-corrected chi connectivity index (χ2v) is 5.30. The molecule has 4 N–H and O–H groups in total. The van der Waals surface area contributed by atoms with Gasteiger partial charge in [-0.2, -0.15) is 0 Å². The molecule has 7 heteroatoms. The van der Waals surface area contributed by atoms with E-state index in [1.807, 2.05) is 27.7 Å². The number of aliphatic carboxylic acids is 1. The van der Waals surface area contributed by atoms with Crippen LogP contribution in [0.2, 0.25) is 0 Å². The Bertz CT molecular complexity index is 336. The van der Waals surface area contributed by atoms with Gasteiger partial charge in [0.2, 0.25) is 5.91 Å². The zero-order chi connectivity index (χ0) is 15.1. The van der Waals surface area contributed by atoms with E-state index in [-0.39, 0.29) is 18.0 Å². The van der Waals surface area contributed by atoms with Crippen LogP contribution >= 0.6 is 0 Å². The number of carboxylic acids is 1. The molecule has 0 aromatic rings. The Hall–Kier alpha value is -1.79. The van der Waals surface area contributed by atoms with E-state index in [9.17, 15) is 14.4 Å². The lowest BCUT2D eigenvalue weighted by Gasteiger charge is -2.21. The smallest absolute Gasteiger partial charge is 0.326 e. The van der Waals surface area contributed by atoms with Gasteiger partial charge in [-0.3, -0.25) is 4.79 Å². The van der Waals surface area contributed by atoms with Crippen LogP contribution in [0.3, 0.4) is 0 Å². The van der Waals surface area contributed by atoms with E-state index >= 15 is 0 Å². The highest BCUT2D eigenvalue weighted by Crippen LogP contribution is 1.98. The average Bonchev–Trinajstić information content (AvgIpc) is 2.23. The summed E-state index contributed by atoms with van der Waals surface area (Å²) < 4.78 is 0. The van der Waals surface area contributed by atoms with Gasteiger partial charge >= 0.3 is 12.0 Å². The zero-order valence-corrected chi connectivity index (χ0v) is 11.9. The van der Waals surface area contributed by atoms with E-state index in [1.165, 1.54) is 0 Å². The Balaban J connectivity index is 4.11. The number of urea groups is 1. The molecule has 0 aromatic heterocycles. The molecule has 0 saturated carbocycles. The maximum atomic E-state index is 11.4. The van der Waals surface area contributed by atoms with Gasteiger partial charge < -0.3 is 21.1 Å². The lowest BCUT2D eigenvalue weighted by Crippen LogP contribution is -2.50. The Kier molecular flexibility index (Phi) is 6.89. The molecule has 0 unspecified atom stereocenters. The summed E-state index contributed by atoms with van der Waals surface area (Å²) >= 11 is 0. The maximum Gasteiger partial charge on any atom is 0.326 e. The van der Waals surface area contributed by atoms with Gasteiger partial charge in [0.25, 0.3) is 0 Å². The summed E-state index contributed by atoms with van der Waals surface area (Å²) in [5, 5.41) is 16.2. The molecule has 1 atom stereocenters. The Labute approximate surface area is 113 Å². The van der Waals surface area contributed by atoms with Crippen molar-refractivity contribution in [1.29, 1.82) is 0 Å². The third-order valence-corrected chi connectivity index (χ3v) is 2.10. The van der Waals surface area contributed by atoms with Crippen molar-refractivity contribution in [3.63, 3.8) is 0 Å². The molecule has 0 spiro atoms. The maximum absolute atomic E-state index is 11.4. The molecule has 0 aliphatic carbocycles. The van der Waals surface area contributed by atoms with E-state index in [0.29, 0.717) is 12.8 Å². The molecule has 7 nitrogen and oxygen atoms in total. The van der Waals surface area contributed by atoms with Crippen molar-refractivity contribution in [1.82, 2.24) is 16.0 Å². The van der Waals surface area contributed by atoms with Crippen LogP contribution in [-0.2, 0) is 9.59 Å². The van der Waals surface area contributed by atoms with Crippen LogP contribution in [0.5, 0.6) is 0 Å². The largest absolute Gasteiger partial charge is 0.480 e. The summed E-state index contributed by atoms with van der Waals surface area (Å²) in [4.78, 5) is 33.7. The molecule has 0 saturated heterocycles. The average molecular weight is 273 g/mol. The minimum atomic E-state index is -1.09. The molecule has 19 heavy (non-hydrogen) atoms. The van der Waals surface area contributed by atoms with E-state index < -0.39 is 18.0 Å². The molecule has 0 aromatic carbocycles. The van der Waals surface area contributed by atoms with Crippen LogP contribution in [-0.4, -0.2) is 41.1 Å². The predicted molar refractivity (Wildman–Crippen MR) is 70.8 cm³/mol. The van der Waals surface area contributed by atoms with Gasteiger partial charge in [0.15, 0.2) is 0 Å². The SMILES string of the molecule is CCC[C@H](NC(=O)NCC(=O)NC(C)(C)C)C(=O)O. The number of carbonyl (C=O) groups is 3. The van der Waals surface area contributed by atoms with Crippen molar-refractivity contribution in [2.24, 2.45) is 0 Å². The first kappa shape index (κ1) is 17.2. The normalized spacial score (nSPS) is 12.4. The minimum Gasteiger partial charge on any atom is -0.480 e. The first-order valence-corrected chi connectivity index (χ1v) is 6.24. The topological polar surface area (TPSA) is 108 Å². The summed E-state index contributed by atoms with van der Waals surface area (Å²) in [6, 6.07) is -1.60. The van der Waals surface area contributed by atoms with Gasteiger partial charge in [-0.05, 0) is 27.2 Å². The first-order chi connectivity index (χ1) is 8.65. The van der Waals surface area contributed by atoms with Crippen molar-refractivity contribution in [2.45, 2.75) is 52.1 Å². The fourth-order valence-corrected chi connectivity index (χ4v) is 1.38. The Morgan fingerprint density at radius 3 is 2.21 bits per heavy atom. The number of carboxylic acid groups (broad SMARTS) is 1. The number of carbonyl (C=O) groups excluding carboxylic acids is 2. The van der Waals surface area contributed by atoms with Gasteiger partial charge in [0.05, 0.1) is 6.54 Å². The van der Waals surface area contributed by atoms with Crippen LogP contribution < -0.4 is 16.0 Å². The highest BCUT2D eigenvalue weighted by atomic mass is 16.4.